The fraction of sp³-hybridized carbons (Fsp3) is 0.917. The predicted octanol–water partition coefficient (Wildman–Crippen LogP) is 0.994. The molecule has 4 heteroatoms. The summed E-state index contributed by atoms with van der Waals surface area (Å²) in [6, 6.07) is 0.0851. The lowest BCUT2D eigenvalue weighted by Crippen LogP contribution is -2.52. The van der Waals surface area contributed by atoms with Crippen molar-refractivity contribution in [3.05, 3.63) is 0 Å². The van der Waals surface area contributed by atoms with Crippen LogP contribution in [0.15, 0.2) is 0 Å². The van der Waals surface area contributed by atoms with Gasteiger partial charge in [0.25, 0.3) is 0 Å². The van der Waals surface area contributed by atoms with Gasteiger partial charge in [-0.25, -0.2) is 0 Å². The third-order valence-corrected chi connectivity index (χ3v) is 3.19. The van der Waals surface area contributed by atoms with Crippen molar-refractivity contribution in [1.82, 2.24) is 10.2 Å². The van der Waals surface area contributed by atoms with Crippen molar-refractivity contribution in [3.8, 4) is 0 Å². The largest absolute Gasteiger partial charge is 0.394 e. The first-order valence-electron chi connectivity index (χ1n) is 5.99. The monoisotopic (exact) mass is 230 g/mol. The van der Waals surface area contributed by atoms with E-state index in [2.05, 4.69) is 5.32 Å². The van der Waals surface area contributed by atoms with Gasteiger partial charge in [0, 0.05) is 32.1 Å². The van der Waals surface area contributed by atoms with E-state index >= 15 is 0 Å². The molecule has 0 aliphatic carbocycles. The molecule has 0 saturated carbocycles. The molecule has 0 bridgehead atoms. The van der Waals surface area contributed by atoms with E-state index in [0.717, 1.165) is 12.8 Å². The average molecular weight is 230 g/mol. The first kappa shape index (κ1) is 15.4. The first-order valence-corrected chi connectivity index (χ1v) is 5.99. The van der Waals surface area contributed by atoms with Gasteiger partial charge in [0.2, 0.25) is 5.91 Å². The van der Waals surface area contributed by atoms with Crippen molar-refractivity contribution < 1.29 is 9.90 Å². The minimum atomic E-state index is -0.244. The van der Waals surface area contributed by atoms with Crippen LogP contribution in [0, 0.1) is 0 Å². The highest BCUT2D eigenvalue weighted by atomic mass is 16.3. The Balaban J connectivity index is 4.30. The third-order valence-electron chi connectivity index (χ3n) is 3.19. The van der Waals surface area contributed by atoms with Gasteiger partial charge in [-0.1, -0.05) is 13.8 Å². The minimum absolute atomic E-state index is 0.0851. The first-order chi connectivity index (χ1) is 7.40. The van der Waals surface area contributed by atoms with E-state index in [4.69, 9.17) is 0 Å². The molecule has 0 radical (unpaired) electrons. The van der Waals surface area contributed by atoms with Gasteiger partial charge in [-0.05, 0) is 19.8 Å². The molecule has 0 aliphatic heterocycles. The van der Waals surface area contributed by atoms with Crippen molar-refractivity contribution >= 4 is 5.91 Å². The fourth-order valence-corrected chi connectivity index (χ4v) is 1.74. The second-order valence-electron chi connectivity index (χ2n) is 4.68. The fourth-order valence-electron chi connectivity index (χ4n) is 1.74. The Morgan fingerprint density at radius 2 is 1.88 bits per heavy atom. The highest BCUT2D eigenvalue weighted by Gasteiger charge is 2.27. The lowest BCUT2D eigenvalue weighted by molar-refractivity contribution is -0.129. The van der Waals surface area contributed by atoms with Gasteiger partial charge in [0.05, 0.1) is 6.61 Å². The molecule has 0 aromatic heterocycles. The number of hydrogen-bond acceptors (Lipinski definition) is 3. The van der Waals surface area contributed by atoms with Crippen LogP contribution in [0.25, 0.3) is 0 Å². The maximum Gasteiger partial charge on any atom is 0.223 e. The van der Waals surface area contributed by atoms with Crippen LogP contribution >= 0.6 is 0 Å². The van der Waals surface area contributed by atoms with E-state index in [1.165, 1.54) is 0 Å². The van der Waals surface area contributed by atoms with Crippen LogP contribution in [-0.2, 0) is 4.79 Å². The van der Waals surface area contributed by atoms with Crippen molar-refractivity contribution in [2.24, 2.45) is 0 Å². The lowest BCUT2D eigenvalue weighted by Gasteiger charge is -2.34. The molecule has 0 aliphatic rings. The zero-order valence-corrected chi connectivity index (χ0v) is 11.2. The zero-order chi connectivity index (χ0) is 12.8. The van der Waals surface area contributed by atoms with Crippen molar-refractivity contribution in [2.45, 2.75) is 51.6 Å². The molecular formula is C12H26N2O2. The summed E-state index contributed by atoms with van der Waals surface area (Å²) in [5, 5.41) is 12.8. The van der Waals surface area contributed by atoms with E-state index in [9.17, 15) is 9.90 Å². The lowest BCUT2D eigenvalue weighted by atomic mass is 9.92. The number of carbonyl (C=O) groups is 1. The molecule has 0 aromatic carbocycles. The number of aliphatic hydroxyl groups is 1. The van der Waals surface area contributed by atoms with Gasteiger partial charge >= 0.3 is 0 Å². The van der Waals surface area contributed by atoms with Gasteiger partial charge in [-0.15, -0.1) is 0 Å². The van der Waals surface area contributed by atoms with Crippen LogP contribution in [-0.4, -0.2) is 48.2 Å². The van der Waals surface area contributed by atoms with Crippen LogP contribution in [0.1, 0.15) is 40.0 Å². The molecule has 96 valence electrons. The second kappa shape index (κ2) is 6.86. The SMILES string of the molecule is CCC(CC)(CO)NC(C)CC(=O)N(C)C. The van der Waals surface area contributed by atoms with Gasteiger partial charge in [-0.2, -0.15) is 0 Å². The standard InChI is InChI=1S/C12H26N2O2/c1-6-12(7-2,9-15)13-10(3)8-11(16)14(4)5/h10,13,15H,6-9H2,1-5H3. The number of hydrogen-bond donors (Lipinski definition) is 2. The smallest absolute Gasteiger partial charge is 0.223 e. The molecule has 0 spiro atoms. The Bertz CT molecular complexity index is 205. The molecule has 0 fully saturated rings. The molecule has 0 saturated heterocycles. The third kappa shape index (κ3) is 4.49. The molecule has 1 atom stereocenters. The summed E-state index contributed by atoms with van der Waals surface area (Å²) in [5.41, 5.74) is -0.244. The number of rotatable bonds is 7. The van der Waals surface area contributed by atoms with Crippen LogP contribution in [0.3, 0.4) is 0 Å². The molecule has 0 aromatic rings. The molecule has 0 rings (SSSR count). The molecule has 1 unspecified atom stereocenters. The van der Waals surface area contributed by atoms with E-state index in [1.807, 2.05) is 20.8 Å². The Kier molecular flexibility index (Phi) is 6.60. The van der Waals surface area contributed by atoms with E-state index < -0.39 is 0 Å². The van der Waals surface area contributed by atoms with Crippen LogP contribution in [0.5, 0.6) is 0 Å². The number of aliphatic hydroxyl groups excluding tert-OH is 1. The maximum atomic E-state index is 11.5. The quantitative estimate of drug-likeness (QED) is 0.686. The van der Waals surface area contributed by atoms with Gasteiger partial charge in [0.1, 0.15) is 0 Å². The van der Waals surface area contributed by atoms with E-state index in [0.29, 0.717) is 6.42 Å². The molecule has 1 amide bonds. The highest BCUT2D eigenvalue weighted by Crippen LogP contribution is 2.16. The Morgan fingerprint density at radius 1 is 1.38 bits per heavy atom. The Morgan fingerprint density at radius 3 is 2.19 bits per heavy atom. The summed E-state index contributed by atoms with van der Waals surface area (Å²) < 4.78 is 0. The summed E-state index contributed by atoms with van der Waals surface area (Å²) in [7, 11) is 3.52. The topological polar surface area (TPSA) is 52.6 Å². The van der Waals surface area contributed by atoms with Crippen molar-refractivity contribution in [3.63, 3.8) is 0 Å². The van der Waals surface area contributed by atoms with Crippen LogP contribution < -0.4 is 5.32 Å². The maximum absolute atomic E-state index is 11.5. The molecular weight excluding hydrogens is 204 g/mol. The summed E-state index contributed by atoms with van der Waals surface area (Å²) in [6.45, 7) is 6.19. The van der Waals surface area contributed by atoms with Gasteiger partial charge in [0.15, 0.2) is 0 Å². The zero-order valence-electron chi connectivity index (χ0n) is 11.2. The Hall–Kier alpha value is -0.610. The van der Waals surface area contributed by atoms with Gasteiger partial charge < -0.3 is 15.3 Å². The summed E-state index contributed by atoms with van der Waals surface area (Å²) >= 11 is 0. The molecule has 0 heterocycles. The summed E-state index contributed by atoms with van der Waals surface area (Å²) in [4.78, 5) is 13.1. The number of amides is 1. The predicted molar refractivity (Wildman–Crippen MR) is 66.3 cm³/mol. The number of nitrogens with zero attached hydrogens (tertiary/aromatic N) is 1. The Labute approximate surface area is 99.0 Å². The van der Waals surface area contributed by atoms with Crippen LogP contribution in [0.2, 0.25) is 0 Å². The number of nitrogens with one attached hydrogen (secondary N) is 1. The van der Waals surface area contributed by atoms with Crippen LogP contribution in [0.4, 0.5) is 0 Å². The normalized spacial score (nSPS) is 13.6. The summed E-state index contributed by atoms with van der Waals surface area (Å²) in [6.07, 6.45) is 2.19. The van der Waals surface area contributed by atoms with Crippen molar-refractivity contribution in [1.29, 1.82) is 0 Å². The minimum Gasteiger partial charge on any atom is -0.394 e. The average Bonchev–Trinajstić information content (AvgIpc) is 2.26. The van der Waals surface area contributed by atoms with E-state index in [1.54, 1.807) is 19.0 Å². The van der Waals surface area contributed by atoms with Crippen molar-refractivity contribution in [2.75, 3.05) is 20.7 Å². The summed E-state index contributed by atoms with van der Waals surface area (Å²) in [5.74, 6) is 0.110. The second-order valence-corrected chi connectivity index (χ2v) is 4.68. The molecule has 2 N–H and O–H groups in total. The van der Waals surface area contributed by atoms with E-state index in [-0.39, 0.29) is 24.1 Å². The molecule has 4 nitrogen and oxygen atoms in total. The van der Waals surface area contributed by atoms with Gasteiger partial charge in [-0.3, -0.25) is 4.79 Å². The molecule has 16 heavy (non-hydrogen) atoms. The highest BCUT2D eigenvalue weighted by molar-refractivity contribution is 5.76. The number of carbonyl (C=O) groups excluding carboxylic acids is 1.